The SMILES string of the molecule is Cn1cncc1C1(O)c2ccc(Cl)c(c2)COc2cccc(c2)-c2cc(=O)n(C)c3ccc1cc23. The number of hydrogen-bond donors (Lipinski definition) is 1. The summed E-state index contributed by atoms with van der Waals surface area (Å²) >= 11 is 6.53. The second-order valence-electron chi connectivity index (χ2n) is 8.91. The van der Waals surface area contributed by atoms with Gasteiger partial charge >= 0.3 is 0 Å². The lowest BCUT2D eigenvalue weighted by molar-refractivity contribution is 0.117. The van der Waals surface area contributed by atoms with E-state index in [0.29, 0.717) is 27.6 Å². The standard InChI is InChI=1S/C28H22ClN3O3/c1-31-16-30-14-26(31)28(34)19-6-8-24(29)18(10-19)15-35-21-5-3-4-17(11-21)22-13-27(33)32(2)25-9-7-20(28)12-23(22)25/h3-14,16,34H,15H2,1-2H3. The lowest BCUT2D eigenvalue weighted by Gasteiger charge is -2.31. The van der Waals surface area contributed by atoms with Crippen molar-refractivity contribution in [3.63, 3.8) is 0 Å². The summed E-state index contributed by atoms with van der Waals surface area (Å²) in [6.07, 6.45) is 3.33. The summed E-state index contributed by atoms with van der Waals surface area (Å²) in [4.78, 5) is 17.1. The topological polar surface area (TPSA) is 69.3 Å². The van der Waals surface area contributed by atoms with E-state index in [1.165, 1.54) is 0 Å². The first-order valence-electron chi connectivity index (χ1n) is 11.2. The molecule has 174 valence electrons. The zero-order valence-electron chi connectivity index (χ0n) is 19.2. The molecule has 1 N–H and O–H groups in total. The predicted octanol–water partition coefficient (Wildman–Crippen LogP) is 4.77. The number of pyridine rings is 1. The Labute approximate surface area is 206 Å². The molecule has 6 nitrogen and oxygen atoms in total. The average molecular weight is 484 g/mol. The van der Waals surface area contributed by atoms with E-state index in [4.69, 9.17) is 16.3 Å². The minimum absolute atomic E-state index is 0.115. The summed E-state index contributed by atoms with van der Waals surface area (Å²) in [7, 11) is 3.60. The number of ether oxygens (including phenoxy) is 1. The van der Waals surface area contributed by atoms with Crippen LogP contribution in [0.4, 0.5) is 0 Å². The summed E-state index contributed by atoms with van der Waals surface area (Å²) in [6.45, 7) is 0.223. The van der Waals surface area contributed by atoms with E-state index >= 15 is 0 Å². The summed E-state index contributed by atoms with van der Waals surface area (Å²) in [6, 6.07) is 20.5. The third kappa shape index (κ3) is 3.29. The van der Waals surface area contributed by atoms with Crippen molar-refractivity contribution in [2.75, 3.05) is 0 Å². The number of hydrogen-bond acceptors (Lipinski definition) is 4. The van der Waals surface area contributed by atoms with Crippen LogP contribution in [0, 0.1) is 0 Å². The molecule has 0 amide bonds. The molecule has 3 aromatic carbocycles. The first-order chi connectivity index (χ1) is 16.9. The van der Waals surface area contributed by atoms with Crippen LogP contribution in [0.1, 0.15) is 22.4 Å². The molecule has 7 heteroatoms. The van der Waals surface area contributed by atoms with Crippen molar-refractivity contribution in [2.24, 2.45) is 14.1 Å². The molecule has 0 spiro atoms. The molecule has 1 aliphatic heterocycles. The molecule has 6 rings (SSSR count). The maximum absolute atomic E-state index is 12.8. The molecule has 6 bridgehead atoms. The van der Waals surface area contributed by atoms with E-state index in [1.54, 1.807) is 40.8 Å². The van der Waals surface area contributed by atoms with Crippen molar-refractivity contribution < 1.29 is 9.84 Å². The highest BCUT2D eigenvalue weighted by molar-refractivity contribution is 6.31. The van der Waals surface area contributed by atoms with Gasteiger partial charge in [-0.05, 0) is 58.7 Å². The molecule has 2 aromatic heterocycles. The molecule has 35 heavy (non-hydrogen) atoms. The van der Waals surface area contributed by atoms with Crippen LogP contribution in [0.15, 0.2) is 84.0 Å². The maximum Gasteiger partial charge on any atom is 0.251 e. The first kappa shape index (κ1) is 21.6. The van der Waals surface area contributed by atoms with E-state index in [9.17, 15) is 9.90 Å². The van der Waals surface area contributed by atoms with Gasteiger partial charge in [0.25, 0.3) is 5.56 Å². The van der Waals surface area contributed by atoms with Gasteiger partial charge in [-0.15, -0.1) is 0 Å². The number of fused-ring (bicyclic) bond motifs is 6. The number of nitrogens with zero attached hydrogens (tertiary/aromatic N) is 3. The van der Waals surface area contributed by atoms with Crippen LogP contribution in [-0.4, -0.2) is 19.2 Å². The van der Waals surface area contributed by atoms with Crippen LogP contribution >= 0.6 is 11.6 Å². The molecular weight excluding hydrogens is 462 g/mol. The minimum atomic E-state index is -1.53. The van der Waals surface area contributed by atoms with Gasteiger partial charge in [-0.2, -0.15) is 0 Å². The van der Waals surface area contributed by atoms with E-state index in [1.807, 2.05) is 61.6 Å². The van der Waals surface area contributed by atoms with Crippen LogP contribution in [0.5, 0.6) is 5.75 Å². The Kier molecular flexibility index (Phi) is 4.85. The highest BCUT2D eigenvalue weighted by Gasteiger charge is 2.37. The highest BCUT2D eigenvalue weighted by Crippen LogP contribution is 2.41. The fourth-order valence-corrected chi connectivity index (χ4v) is 5.09. The predicted molar refractivity (Wildman–Crippen MR) is 136 cm³/mol. The third-order valence-corrected chi connectivity index (χ3v) is 7.22. The molecule has 0 fully saturated rings. The van der Waals surface area contributed by atoms with E-state index in [-0.39, 0.29) is 12.2 Å². The second-order valence-corrected chi connectivity index (χ2v) is 9.32. The number of aryl methyl sites for hydroxylation is 2. The zero-order chi connectivity index (χ0) is 24.3. The van der Waals surface area contributed by atoms with Gasteiger partial charge < -0.3 is 19.0 Å². The Balaban J connectivity index is 1.77. The molecular formula is C28H22ClN3O3. The Bertz CT molecular complexity index is 1690. The Morgan fingerprint density at radius 2 is 1.83 bits per heavy atom. The number of benzene rings is 3. The number of aromatic nitrogens is 3. The third-order valence-electron chi connectivity index (χ3n) is 6.85. The molecule has 1 unspecified atom stereocenters. The zero-order valence-corrected chi connectivity index (χ0v) is 20.0. The molecule has 1 atom stereocenters. The number of rotatable bonds is 1. The number of halogens is 1. The summed E-state index contributed by atoms with van der Waals surface area (Å²) in [5.74, 6) is 0.662. The van der Waals surface area contributed by atoms with Crippen LogP contribution in [0.3, 0.4) is 0 Å². The molecule has 3 heterocycles. The van der Waals surface area contributed by atoms with Gasteiger partial charge in [0.1, 0.15) is 12.4 Å². The molecule has 5 aromatic rings. The van der Waals surface area contributed by atoms with Gasteiger partial charge in [0.2, 0.25) is 0 Å². The van der Waals surface area contributed by atoms with Crippen LogP contribution in [0.25, 0.3) is 22.0 Å². The Morgan fingerprint density at radius 3 is 2.63 bits per heavy atom. The van der Waals surface area contributed by atoms with Crippen molar-refractivity contribution in [2.45, 2.75) is 12.2 Å². The molecule has 0 radical (unpaired) electrons. The number of aliphatic hydroxyl groups is 1. The number of imidazole rings is 1. The van der Waals surface area contributed by atoms with Gasteiger partial charge in [-0.3, -0.25) is 4.79 Å². The molecule has 0 saturated heterocycles. The summed E-state index contributed by atoms with van der Waals surface area (Å²) in [5.41, 5.74) is 3.39. The maximum atomic E-state index is 12.8. The summed E-state index contributed by atoms with van der Waals surface area (Å²) < 4.78 is 9.52. The van der Waals surface area contributed by atoms with Gasteiger partial charge in [-0.25, -0.2) is 4.98 Å². The van der Waals surface area contributed by atoms with Crippen molar-refractivity contribution >= 4 is 22.5 Å². The van der Waals surface area contributed by atoms with Gasteiger partial charge in [-0.1, -0.05) is 35.9 Å². The van der Waals surface area contributed by atoms with Gasteiger partial charge in [0, 0.05) is 36.1 Å². The molecule has 1 aliphatic rings. The first-order valence-corrected chi connectivity index (χ1v) is 11.6. The molecule has 0 aliphatic carbocycles. The average Bonchev–Trinajstić information content (AvgIpc) is 3.31. The fraction of sp³-hybridized carbons (Fsp3) is 0.143. The normalized spacial score (nSPS) is 16.9. The van der Waals surface area contributed by atoms with Gasteiger partial charge in [0.05, 0.1) is 23.7 Å². The lowest BCUT2D eigenvalue weighted by atomic mass is 9.82. The quantitative estimate of drug-likeness (QED) is 0.373. The van der Waals surface area contributed by atoms with Crippen LogP contribution in [-0.2, 0) is 26.3 Å². The van der Waals surface area contributed by atoms with E-state index < -0.39 is 5.60 Å². The Hall–Kier alpha value is -3.87. The summed E-state index contributed by atoms with van der Waals surface area (Å²) in [5, 5.41) is 13.9. The monoisotopic (exact) mass is 483 g/mol. The van der Waals surface area contributed by atoms with Crippen molar-refractivity contribution in [1.82, 2.24) is 14.1 Å². The highest BCUT2D eigenvalue weighted by atomic mass is 35.5. The second kappa shape index (κ2) is 7.83. The van der Waals surface area contributed by atoms with Crippen LogP contribution in [0.2, 0.25) is 5.02 Å². The van der Waals surface area contributed by atoms with Crippen LogP contribution < -0.4 is 10.3 Å². The largest absolute Gasteiger partial charge is 0.489 e. The smallest absolute Gasteiger partial charge is 0.251 e. The fourth-order valence-electron chi connectivity index (χ4n) is 4.92. The lowest BCUT2D eigenvalue weighted by Crippen LogP contribution is -2.31. The van der Waals surface area contributed by atoms with Gasteiger partial charge in [0.15, 0.2) is 5.60 Å². The molecule has 0 saturated carbocycles. The van der Waals surface area contributed by atoms with Crippen molar-refractivity contribution in [3.8, 4) is 16.9 Å². The minimum Gasteiger partial charge on any atom is -0.489 e. The van der Waals surface area contributed by atoms with Crippen molar-refractivity contribution in [1.29, 1.82) is 0 Å². The van der Waals surface area contributed by atoms with E-state index in [2.05, 4.69) is 4.98 Å². The van der Waals surface area contributed by atoms with E-state index in [0.717, 1.165) is 27.6 Å². The van der Waals surface area contributed by atoms with Crippen molar-refractivity contribution in [3.05, 3.63) is 117 Å². The Morgan fingerprint density at radius 1 is 1.03 bits per heavy atom.